The van der Waals surface area contributed by atoms with Gasteiger partial charge in [-0.1, -0.05) is 67.2 Å². The first-order valence-electron chi connectivity index (χ1n) is 9.99. The Labute approximate surface area is 155 Å². The van der Waals surface area contributed by atoms with Crippen LogP contribution in [0, 0.1) is 0 Å². The Kier molecular flexibility index (Phi) is 10.0. The predicted molar refractivity (Wildman–Crippen MR) is 114 cm³/mol. The molecule has 0 rings (SSSR count). The van der Waals surface area contributed by atoms with Gasteiger partial charge in [-0.05, 0) is 49.1 Å². The molecule has 24 heavy (non-hydrogen) atoms. The highest BCUT2D eigenvalue weighted by Gasteiger charge is 2.37. The molecule has 0 radical (unpaired) electrons. The van der Waals surface area contributed by atoms with Crippen LogP contribution < -0.4 is 0 Å². The molecule has 0 spiro atoms. The fraction of sp³-hybridized carbons (Fsp3) is 1.00. The van der Waals surface area contributed by atoms with Gasteiger partial charge in [0.05, 0.1) is 0 Å². The largest absolute Gasteiger partial charge is 0.417 e. The summed E-state index contributed by atoms with van der Waals surface area (Å²) in [5.74, 6) is 0. The van der Waals surface area contributed by atoms with Crippen LogP contribution in [-0.4, -0.2) is 29.8 Å². The first-order chi connectivity index (χ1) is 10.7. The first-order valence-corrected chi connectivity index (χ1v) is 15.8. The van der Waals surface area contributed by atoms with Gasteiger partial charge >= 0.3 is 0 Å². The SMILES string of the molecule is CC(C)(C)[Si](C)(C)OCCCCCCCCO[Si](C)(C)C(C)(C)C. The fourth-order valence-electron chi connectivity index (χ4n) is 2.00. The minimum absolute atomic E-state index is 0.331. The van der Waals surface area contributed by atoms with Gasteiger partial charge in [-0.15, -0.1) is 0 Å². The summed E-state index contributed by atoms with van der Waals surface area (Å²) in [5, 5.41) is 0.661. The van der Waals surface area contributed by atoms with Gasteiger partial charge in [0, 0.05) is 13.2 Å². The standard InChI is InChI=1S/C20H46O2Si2/c1-19(2,3)23(7,8)21-17-15-13-11-12-14-16-18-22-24(9,10)20(4,5)6/h11-18H2,1-10H3. The summed E-state index contributed by atoms with van der Waals surface area (Å²) < 4.78 is 12.5. The topological polar surface area (TPSA) is 18.5 Å². The van der Waals surface area contributed by atoms with Crippen LogP contribution in [0.15, 0.2) is 0 Å². The molecule has 0 amide bonds. The van der Waals surface area contributed by atoms with Crippen LogP contribution in [0.1, 0.15) is 80.1 Å². The van der Waals surface area contributed by atoms with E-state index in [1.807, 2.05) is 0 Å². The maximum atomic E-state index is 6.23. The van der Waals surface area contributed by atoms with Gasteiger partial charge in [-0.25, -0.2) is 0 Å². The molecule has 2 nitrogen and oxygen atoms in total. The third-order valence-electron chi connectivity index (χ3n) is 6.08. The summed E-state index contributed by atoms with van der Waals surface area (Å²) in [6, 6.07) is 0. The summed E-state index contributed by atoms with van der Waals surface area (Å²) in [5.41, 5.74) is 0. The maximum absolute atomic E-state index is 6.23. The Bertz CT molecular complexity index is 305. The molecule has 0 N–H and O–H groups in total. The lowest BCUT2D eigenvalue weighted by Gasteiger charge is -2.36. The Hall–Kier alpha value is 0.354. The molecule has 146 valence electrons. The highest BCUT2D eigenvalue weighted by atomic mass is 28.4. The van der Waals surface area contributed by atoms with Crippen molar-refractivity contribution in [2.45, 2.75) is 116 Å². The molecule has 0 atom stereocenters. The zero-order chi connectivity index (χ0) is 19.1. The molecule has 0 saturated carbocycles. The predicted octanol–water partition coefficient (Wildman–Crippen LogP) is 7.37. The van der Waals surface area contributed by atoms with E-state index in [0.717, 1.165) is 13.2 Å². The second-order valence-corrected chi connectivity index (χ2v) is 20.0. The average molecular weight is 375 g/mol. The van der Waals surface area contributed by atoms with Crippen molar-refractivity contribution in [3.8, 4) is 0 Å². The molecule has 0 saturated heterocycles. The molecule has 0 aromatic carbocycles. The summed E-state index contributed by atoms with van der Waals surface area (Å²) in [7, 11) is -3.07. The number of hydrogen-bond acceptors (Lipinski definition) is 2. The minimum atomic E-state index is -1.54. The monoisotopic (exact) mass is 374 g/mol. The van der Waals surface area contributed by atoms with E-state index in [1.165, 1.54) is 38.5 Å². The van der Waals surface area contributed by atoms with Gasteiger partial charge in [0.15, 0.2) is 16.6 Å². The van der Waals surface area contributed by atoms with Crippen molar-refractivity contribution in [3.63, 3.8) is 0 Å². The second kappa shape index (κ2) is 9.89. The van der Waals surface area contributed by atoms with E-state index < -0.39 is 16.6 Å². The van der Waals surface area contributed by atoms with Gasteiger partial charge in [0.1, 0.15) is 0 Å². The molecule has 0 heterocycles. The van der Waals surface area contributed by atoms with Crippen molar-refractivity contribution in [1.82, 2.24) is 0 Å². The number of unbranched alkanes of at least 4 members (excludes halogenated alkanes) is 5. The summed E-state index contributed by atoms with van der Waals surface area (Å²) in [6.07, 6.45) is 7.71. The van der Waals surface area contributed by atoms with E-state index in [4.69, 9.17) is 8.85 Å². The van der Waals surface area contributed by atoms with Crippen LogP contribution in [0.2, 0.25) is 36.3 Å². The van der Waals surface area contributed by atoms with E-state index >= 15 is 0 Å². The van der Waals surface area contributed by atoms with E-state index in [2.05, 4.69) is 67.7 Å². The Balaban J connectivity index is 3.60. The van der Waals surface area contributed by atoms with Crippen LogP contribution in [0.5, 0.6) is 0 Å². The van der Waals surface area contributed by atoms with Gasteiger partial charge in [-0.3, -0.25) is 0 Å². The Morgan fingerprint density at radius 2 is 0.750 bits per heavy atom. The number of hydrogen-bond donors (Lipinski definition) is 0. The fourth-order valence-corrected chi connectivity index (χ4v) is 4.17. The van der Waals surface area contributed by atoms with Gasteiger partial charge in [0.25, 0.3) is 0 Å². The van der Waals surface area contributed by atoms with E-state index in [9.17, 15) is 0 Å². The lowest BCUT2D eigenvalue weighted by Crippen LogP contribution is -2.41. The molecule has 0 fully saturated rings. The van der Waals surface area contributed by atoms with Crippen molar-refractivity contribution in [3.05, 3.63) is 0 Å². The molecular formula is C20H46O2Si2. The molecule has 0 bridgehead atoms. The number of rotatable bonds is 11. The van der Waals surface area contributed by atoms with E-state index in [1.54, 1.807) is 0 Å². The molecule has 0 aromatic rings. The van der Waals surface area contributed by atoms with Crippen LogP contribution >= 0.6 is 0 Å². The van der Waals surface area contributed by atoms with Crippen LogP contribution in [0.3, 0.4) is 0 Å². The van der Waals surface area contributed by atoms with Gasteiger partial charge < -0.3 is 8.85 Å². The first kappa shape index (κ1) is 24.4. The Morgan fingerprint density at radius 3 is 1.00 bits per heavy atom. The second-order valence-electron chi connectivity index (χ2n) is 10.3. The summed E-state index contributed by atoms with van der Waals surface area (Å²) in [4.78, 5) is 0. The highest BCUT2D eigenvalue weighted by molar-refractivity contribution is 6.74. The third kappa shape index (κ3) is 9.16. The van der Waals surface area contributed by atoms with Crippen molar-refractivity contribution >= 4 is 16.6 Å². The molecular weight excluding hydrogens is 328 g/mol. The zero-order valence-corrected chi connectivity index (χ0v) is 20.5. The lowest BCUT2D eigenvalue weighted by molar-refractivity contribution is 0.271. The van der Waals surface area contributed by atoms with Crippen molar-refractivity contribution in [2.75, 3.05) is 13.2 Å². The third-order valence-corrected chi connectivity index (χ3v) is 15.2. The van der Waals surface area contributed by atoms with Gasteiger partial charge in [0.2, 0.25) is 0 Å². The quantitative estimate of drug-likeness (QED) is 0.277. The van der Waals surface area contributed by atoms with Gasteiger partial charge in [-0.2, -0.15) is 0 Å². The van der Waals surface area contributed by atoms with Crippen molar-refractivity contribution in [1.29, 1.82) is 0 Å². The lowest BCUT2D eigenvalue weighted by atomic mass is 10.1. The van der Waals surface area contributed by atoms with Crippen LogP contribution in [0.4, 0.5) is 0 Å². The molecule has 0 unspecified atom stereocenters. The molecule has 0 aliphatic carbocycles. The molecule has 4 heteroatoms. The highest BCUT2D eigenvalue weighted by Crippen LogP contribution is 2.37. The molecule has 0 aliphatic rings. The summed E-state index contributed by atoms with van der Waals surface area (Å²) in [6.45, 7) is 25.1. The normalized spacial score (nSPS) is 14.2. The van der Waals surface area contributed by atoms with Crippen LogP contribution in [0.25, 0.3) is 0 Å². The van der Waals surface area contributed by atoms with E-state index in [-0.39, 0.29) is 0 Å². The Morgan fingerprint density at radius 1 is 0.500 bits per heavy atom. The molecule has 0 aliphatic heterocycles. The molecule has 0 aromatic heterocycles. The average Bonchev–Trinajstić information content (AvgIpc) is 2.38. The van der Waals surface area contributed by atoms with Crippen LogP contribution in [-0.2, 0) is 8.85 Å². The summed E-state index contributed by atoms with van der Waals surface area (Å²) >= 11 is 0. The zero-order valence-electron chi connectivity index (χ0n) is 18.5. The maximum Gasteiger partial charge on any atom is 0.191 e. The van der Waals surface area contributed by atoms with Crippen molar-refractivity contribution in [2.24, 2.45) is 0 Å². The van der Waals surface area contributed by atoms with E-state index in [0.29, 0.717) is 10.1 Å². The van der Waals surface area contributed by atoms with Crippen molar-refractivity contribution < 1.29 is 8.85 Å². The smallest absolute Gasteiger partial charge is 0.191 e. The minimum Gasteiger partial charge on any atom is -0.417 e.